The van der Waals surface area contributed by atoms with Crippen LogP contribution in [0.25, 0.3) is 0 Å². The van der Waals surface area contributed by atoms with E-state index in [4.69, 9.17) is 0 Å². The molecule has 0 saturated carbocycles. The fourth-order valence-electron chi connectivity index (χ4n) is 2.24. The molecule has 25 heavy (non-hydrogen) atoms. The summed E-state index contributed by atoms with van der Waals surface area (Å²) in [5.41, 5.74) is 1.35. The van der Waals surface area contributed by atoms with Crippen molar-refractivity contribution in [1.82, 2.24) is 10.6 Å². The first-order valence-corrected chi connectivity index (χ1v) is 11.1. The van der Waals surface area contributed by atoms with Crippen LogP contribution in [0.5, 0.6) is 0 Å². The molecule has 1 fully saturated rings. The van der Waals surface area contributed by atoms with Gasteiger partial charge in [-0.05, 0) is 24.3 Å². The predicted molar refractivity (Wildman–Crippen MR) is 108 cm³/mol. The van der Waals surface area contributed by atoms with E-state index in [0.29, 0.717) is 24.2 Å². The standard InChI is InChI=1S/C18H18N2O2S3/c21-17(13-7-3-1-4-8-13)19-11-15-23-16(25-24-15)12-20-18(22)14-9-5-2-6-10-14/h1-10,15-16H,11-12H2,(H,19,21)(H,20,22)/t15-,16-/m0/s1. The Hall–Kier alpha value is -1.57. The van der Waals surface area contributed by atoms with Crippen LogP contribution in [0.3, 0.4) is 0 Å². The SMILES string of the molecule is O=C(NC[C@@H]1SS[C@@H](CNC(=O)c2ccccc2)S1)c1ccccc1. The molecule has 0 bridgehead atoms. The molecule has 2 N–H and O–H groups in total. The molecule has 0 aliphatic carbocycles. The Balaban J connectivity index is 1.39. The fourth-order valence-corrected chi connectivity index (χ4v) is 7.65. The first-order chi connectivity index (χ1) is 12.2. The second-order valence-electron chi connectivity index (χ2n) is 5.34. The minimum atomic E-state index is -0.0485. The summed E-state index contributed by atoms with van der Waals surface area (Å²) in [6, 6.07) is 18.4. The zero-order valence-corrected chi connectivity index (χ0v) is 15.8. The number of hydrogen-bond donors (Lipinski definition) is 2. The summed E-state index contributed by atoms with van der Waals surface area (Å²) in [6.07, 6.45) is 0. The zero-order valence-electron chi connectivity index (χ0n) is 13.4. The Kier molecular flexibility index (Phi) is 6.72. The maximum absolute atomic E-state index is 12.1. The smallest absolute Gasteiger partial charge is 0.251 e. The number of thioether (sulfide) groups is 1. The average Bonchev–Trinajstić information content (AvgIpc) is 3.13. The highest BCUT2D eigenvalue weighted by atomic mass is 33.1. The molecule has 1 aliphatic heterocycles. The van der Waals surface area contributed by atoms with Crippen LogP contribution in [-0.4, -0.2) is 34.1 Å². The Bertz CT molecular complexity index is 651. The van der Waals surface area contributed by atoms with Crippen molar-refractivity contribution in [3.63, 3.8) is 0 Å². The summed E-state index contributed by atoms with van der Waals surface area (Å²) >= 11 is 1.78. The van der Waals surface area contributed by atoms with E-state index in [1.165, 1.54) is 0 Å². The van der Waals surface area contributed by atoms with Gasteiger partial charge < -0.3 is 10.6 Å². The van der Waals surface area contributed by atoms with E-state index in [9.17, 15) is 9.59 Å². The largest absolute Gasteiger partial charge is 0.350 e. The summed E-state index contributed by atoms with van der Waals surface area (Å²) in [5.74, 6) is -0.0970. The molecule has 3 rings (SSSR count). The Morgan fingerprint density at radius 2 is 1.12 bits per heavy atom. The number of nitrogens with one attached hydrogen (secondary N) is 2. The van der Waals surface area contributed by atoms with E-state index >= 15 is 0 Å². The normalized spacial score (nSPS) is 19.4. The Labute approximate surface area is 159 Å². The van der Waals surface area contributed by atoms with Gasteiger partial charge in [-0.1, -0.05) is 58.0 Å². The summed E-state index contributed by atoms with van der Waals surface area (Å²) in [4.78, 5) is 24.1. The van der Waals surface area contributed by atoms with Gasteiger partial charge in [-0.3, -0.25) is 9.59 Å². The molecule has 130 valence electrons. The van der Waals surface area contributed by atoms with Crippen LogP contribution in [0.2, 0.25) is 0 Å². The monoisotopic (exact) mass is 390 g/mol. The van der Waals surface area contributed by atoms with Crippen LogP contribution < -0.4 is 10.6 Å². The average molecular weight is 391 g/mol. The van der Waals surface area contributed by atoms with Gasteiger partial charge in [0.2, 0.25) is 0 Å². The first kappa shape index (κ1) is 18.2. The maximum Gasteiger partial charge on any atom is 0.251 e. The van der Waals surface area contributed by atoms with Gasteiger partial charge in [-0.15, -0.1) is 11.8 Å². The molecular weight excluding hydrogens is 372 g/mol. The lowest BCUT2D eigenvalue weighted by molar-refractivity contribution is 0.0948. The lowest BCUT2D eigenvalue weighted by atomic mass is 10.2. The van der Waals surface area contributed by atoms with Crippen LogP contribution in [0.15, 0.2) is 60.7 Å². The Morgan fingerprint density at radius 1 is 0.720 bits per heavy atom. The van der Waals surface area contributed by atoms with Crippen LogP contribution >= 0.6 is 33.3 Å². The van der Waals surface area contributed by atoms with E-state index in [2.05, 4.69) is 10.6 Å². The zero-order chi connectivity index (χ0) is 17.5. The molecule has 1 aliphatic rings. The van der Waals surface area contributed by atoms with Crippen molar-refractivity contribution < 1.29 is 9.59 Å². The summed E-state index contributed by atoms with van der Waals surface area (Å²) < 4.78 is 0.576. The van der Waals surface area contributed by atoms with Crippen molar-refractivity contribution in [2.24, 2.45) is 0 Å². The molecule has 0 radical (unpaired) electrons. The van der Waals surface area contributed by atoms with Crippen LogP contribution in [0.1, 0.15) is 20.7 Å². The first-order valence-electron chi connectivity index (χ1n) is 7.86. The van der Waals surface area contributed by atoms with Gasteiger partial charge in [-0.2, -0.15) is 0 Å². The molecule has 0 aromatic heterocycles. The molecular formula is C18H18N2O2S3. The summed E-state index contributed by atoms with van der Waals surface area (Å²) in [6.45, 7) is 1.22. The minimum Gasteiger partial charge on any atom is -0.350 e. The van der Waals surface area contributed by atoms with Crippen molar-refractivity contribution in [3.8, 4) is 0 Å². The van der Waals surface area contributed by atoms with Gasteiger partial charge in [0.15, 0.2) is 0 Å². The lowest BCUT2D eigenvalue weighted by Gasteiger charge is -2.11. The number of benzene rings is 2. The molecule has 1 saturated heterocycles. The molecule has 2 amide bonds. The van der Waals surface area contributed by atoms with E-state index in [0.717, 1.165) is 0 Å². The van der Waals surface area contributed by atoms with Gasteiger partial charge in [0.25, 0.3) is 11.8 Å². The summed E-state index contributed by atoms with van der Waals surface area (Å²) in [7, 11) is 3.50. The van der Waals surface area contributed by atoms with E-state index in [-0.39, 0.29) is 21.0 Å². The third kappa shape index (κ3) is 5.45. The van der Waals surface area contributed by atoms with Crippen molar-refractivity contribution in [1.29, 1.82) is 0 Å². The molecule has 2 aromatic carbocycles. The third-order valence-electron chi connectivity index (χ3n) is 3.50. The van der Waals surface area contributed by atoms with Gasteiger partial charge in [-0.25, -0.2) is 0 Å². The van der Waals surface area contributed by atoms with E-state index in [1.54, 1.807) is 57.6 Å². The van der Waals surface area contributed by atoms with E-state index < -0.39 is 0 Å². The van der Waals surface area contributed by atoms with Crippen LogP contribution in [0, 0.1) is 0 Å². The second kappa shape index (κ2) is 9.22. The highest BCUT2D eigenvalue weighted by molar-refractivity contribution is 8.82. The topological polar surface area (TPSA) is 58.2 Å². The van der Waals surface area contributed by atoms with Gasteiger partial charge >= 0.3 is 0 Å². The lowest BCUT2D eigenvalue weighted by Crippen LogP contribution is -2.30. The van der Waals surface area contributed by atoms with Crippen molar-refractivity contribution in [2.45, 2.75) is 9.16 Å². The molecule has 1 heterocycles. The highest BCUT2D eigenvalue weighted by Crippen LogP contribution is 2.50. The number of carbonyl (C=O) groups is 2. The van der Waals surface area contributed by atoms with Crippen LogP contribution in [0.4, 0.5) is 0 Å². The maximum atomic E-state index is 12.1. The molecule has 0 unspecified atom stereocenters. The molecule has 7 heteroatoms. The quantitative estimate of drug-likeness (QED) is 0.738. The number of rotatable bonds is 6. The highest BCUT2D eigenvalue weighted by Gasteiger charge is 2.27. The second-order valence-corrected chi connectivity index (χ2v) is 10.0. The Morgan fingerprint density at radius 3 is 1.52 bits per heavy atom. The van der Waals surface area contributed by atoms with E-state index in [1.807, 2.05) is 36.4 Å². The summed E-state index contributed by atoms with van der Waals surface area (Å²) in [5, 5.41) is 5.94. The molecule has 0 spiro atoms. The van der Waals surface area contributed by atoms with Crippen molar-refractivity contribution >= 4 is 45.2 Å². The number of hydrogen-bond acceptors (Lipinski definition) is 5. The predicted octanol–water partition coefficient (Wildman–Crippen LogP) is 3.63. The third-order valence-corrected chi connectivity index (χ3v) is 9.02. The van der Waals surface area contributed by atoms with Crippen molar-refractivity contribution in [3.05, 3.63) is 71.8 Å². The minimum absolute atomic E-state index is 0.0485. The van der Waals surface area contributed by atoms with Gasteiger partial charge in [0.05, 0.1) is 9.16 Å². The fraction of sp³-hybridized carbons (Fsp3) is 0.222. The van der Waals surface area contributed by atoms with Gasteiger partial charge in [0.1, 0.15) is 0 Å². The van der Waals surface area contributed by atoms with Gasteiger partial charge in [0, 0.05) is 24.2 Å². The van der Waals surface area contributed by atoms with Crippen LogP contribution in [-0.2, 0) is 0 Å². The molecule has 4 nitrogen and oxygen atoms in total. The number of carbonyl (C=O) groups excluding carboxylic acids is 2. The molecule has 2 atom stereocenters. The molecule has 2 aromatic rings. The number of amides is 2. The van der Waals surface area contributed by atoms with Crippen molar-refractivity contribution in [2.75, 3.05) is 13.1 Å².